The molecule has 0 bridgehead atoms. The molecule has 0 radical (unpaired) electrons. The molecule has 5 heteroatoms. The van der Waals surface area contributed by atoms with Gasteiger partial charge >= 0.3 is 0 Å². The highest BCUT2D eigenvalue weighted by Gasteiger charge is 2.13. The maximum absolute atomic E-state index is 14.1. The van der Waals surface area contributed by atoms with Gasteiger partial charge in [-0.15, -0.1) is 0 Å². The van der Waals surface area contributed by atoms with E-state index in [2.05, 4.69) is 10.3 Å². The Morgan fingerprint density at radius 3 is 2.46 bits per heavy atom. The summed E-state index contributed by atoms with van der Waals surface area (Å²) in [7, 11) is 0. The van der Waals surface area contributed by atoms with Crippen LogP contribution in [0.3, 0.4) is 0 Å². The first-order valence-electron chi connectivity index (χ1n) is 8.80. The highest BCUT2D eigenvalue weighted by Crippen LogP contribution is 2.18. The summed E-state index contributed by atoms with van der Waals surface area (Å²) < 4.78 is 19.9. The molecule has 0 unspecified atom stereocenters. The molecule has 0 atom stereocenters. The van der Waals surface area contributed by atoms with E-state index in [0.717, 1.165) is 10.9 Å². The quantitative estimate of drug-likeness (QED) is 0.526. The van der Waals surface area contributed by atoms with Crippen molar-refractivity contribution in [2.24, 2.45) is 4.99 Å². The Bertz CT molecular complexity index is 1230. The Balaban J connectivity index is 1.84. The minimum Gasteiger partial charge on any atom is -0.438 e. The number of anilines is 1. The molecule has 1 heterocycles. The van der Waals surface area contributed by atoms with Gasteiger partial charge in [-0.3, -0.25) is 4.79 Å². The minimum atomic E-state index is -0.490. The molecule has 1 amide bonds. The lowest BCUT2D eigenvalue weighted by Gasteiger charge is -2.07. The van der Waals surface area contributed by atoms with Crippen molar-refractivity contribution in [3.05, 3.63) is 101 Å². The fourth-order valence-electron chi connectivity index (χ4n) is 2.80. The van der Waals surface area contributed by atoms with Gasteiger partial charge in [0.2, 0.25) is 5.55 Å². The zero-order chi connectivity index (χ0) is 19.5. The molecule has 0 spiro atoms. The van der Waals surface area contributed by atoms with Crippen LogP contribution in [0.2, 0.25) is 0 Å². The molecular weight excluding hydrogens is 355 g/mol. The van der Waals surface area contributed by atoms with Crippen LogP contribution in [0.15, 0.2) is 88.3 Å². The average molecular weight is 372 g/mol. The van der Waals surface area contributed by atoms with Gasteiger partial charge in [-0.25, -0.2) is 9.38 Å². The molecule has 0 fully saturated rings. The molecule has 1 N–H and O–H groups in total. The number of halogens is 1. The number of fused-ring (bicyclic) bond motifs is 1. The third-order valence-electron chi connectivity index (χ3n) is 4.28. The van der Waals surface area contributed by atoms with E-state index in [4.69, 9.17) is 4.42 Å². The number of aryl methyl sites for hydroxylation is 1. The fourth-order valence-corrected chi connectivity index (χ4v) is 2.80. The van der Waals surface area contributed by atoms with Gasteiger partial charge in [0.25, 0.3) is 5.91 Å². The Kier molecular flexibility index (Phi) is 4.72. The normalized spacial score (nSPS) is 11.6. The van der Waals surface area contributed by atoms with E-state index in [0.29, 0.717) is 11.3 Å². The third kappa shape index (κ3) is 3.69. The van der Waals surface area contributed by atoms with E-state index in [1.165, 1.54) is 12.1 Å². The fraction of sp³-hybridized carbons (Fsp3) is 0.0435. The second-order valence-electron chi connectivity index (χ2n) is 6.39. The topological polar surface area (TPSA) is 54.6 Å². The van der Waals surface area contributed by atoms with E-state index in [9.17, 15) is 9.18 Å². The largest absolute Gasteiger partial charge is 0.438 e. The van der Waals surface area contributed by atoms with Gasteiger partial charge in [0.15, 0.2) is 0 Å². The van der Waals surface area contributed by atoms with Crippen LogP contribution < -0.4 is 10.9 Å². The van der Waals surface area contributed by atoms with Crippen LogP contribution in [-0.4, -0.2) is 5.91 Å². The molecule has 1 aromatic heterocycles. The molecule has 0 saturated heterocycles. The van der Waals surface area contributed by atoms with E-state index >= 15 is 0 Å². The molecule has 28 heavy (non-hydrogen) atoms. The van der Waals surface area contributed by atoms with Gasteiger partial charge in [-0.1, -0.05) is 48.0 Å². The molecule has 4 nitrogen and oxygen atoms in total. The van der Waals surface area contributed by atoms with Gasteiger partial charge in [0.05, 0.1) is 0 Å². The van der Waals surface area contributed by atoms with Gasteiger partial charge in [0.1, 0.15) is 22.7 Å². The number of hydrogen-bond donors (Lipinski definition) is 1. The van der Waals surface area contributed by atoms with Crippen LogP contribution >= 0.6 is 0 Å². The van der Waals surface area contributed by atoms with Crippen molar-refractivity contribution < 1.29 is 13.6 Å². The zero-order valence-corrected chi connectivity index (χ0v) is 15.1. The van der Waals surface area contributed by atoms with Crippen LogP contribution in [0.25, 0.3) is 11.0 Å². The predicted molar refractivity (Wildman–Crippen MR) is 107 cm³/mol. The first kappa shape index (κ1) is 17.7. The SMILES string of the molecule is Cc1ccc(NC(=O)c2cc3ccccc3oc2=Nc2ccccc2F)cc1. The van der Waals surface area contributed by atoms with Crippen LogP contribution in [0.1, 0.15) is 15.9 Å². The van der Waals surface area contributed by atoms with Crippen LogP contribution in [-0.2, 0) is 0 Å². The molecule has 138 valence electrons. The zero-order valence-electron chi connectivity index (χ0n) is 15.1. The summed E-state index contributed by atoms with van der Waals surface area (Å²) >= 11 is 0. The van der Waals surface area contributed by atoms with Gasteiger partial charge < -0.3 is 9.73 Å². The monoisotopic (exact) mass is 372 g/mol. The average Bonchev–Trinajstić information content (AvgIpc) is 2.71. The number of para-hydroxylation sites is 2. The van der Waals surface area contributed by atoms with E-state index < -0.39 is 5.82 Å². The van der Waals surface area contributed by atoms with Crippen molar-refractivity contribution in [2.45, 2.75) is 6.92 Å². The summed E-state index contributed by atoms with van der Waals surface area (Å²) in [6.45, 7) is 1.97. The highest BCUT2D eigenvalue weighted by atomic mass is 19.1. The van der Waals surface area contributed by atoms with Crippen molar-refractivity contribution in [1.29, 1.82) is 0 Å². The number of hydrogen-bond acceptors (Lipinski definition) is 3. The molecule has 0 saturated carbocycles. The van der Waals surface area contributed by atoms with E-state index in [1.807, 2.05) is 49.4 Å². The molecular formula is C23H17FN2O2. The standard InChI is InChI=1S/C23H17FN2O2/c1-15-10-12-17(13-11-15)25-22(27)18-14-16-6-2-5-9-21(16)28-23(18)26-20-8-4-3-7-19(20)24/h2-14H,1H3,(H,25,27). The summed E-state index contributed by atoms with van der Waals surface area (Å²) in [5.74, 6) is -0.871. The number of carbonyl (C=O) groups excluding carboxylic acids is 1. The van der Waals surface area contributed by atoms with E-state index in [-0.39, 0.29) is 22.7 Å². The molecule has 4 rings (SSSR count). The third-order valence-corrected chi connectivity index (χ3v) is 4.28. The lowest BCUT2D eigenvalue weighted by Crippen LogP contribution is -2.21. The summed E-state index contributed by atoms with van der Waals surface area (Å²) in [5, 5.41) is 3.59. The number of nitrogens with one attached hydrogen (secondary N) is 1. The number of nitrogens with zero attached hydrogens (tertiary/aromatic N) is 1. The highest BCUT2D eigenvalue weighted by molar-refractivity contribution is 6.05. The lowest BCUT2D eigenvalue weighted by atomic mass is 10.1. The van der Waals surface area contributed by atoms with Crippen molar-refractivity contribution in [2.75, 3.05) is 5.32 Å². The van der Waals surface area contributed by atoms with Gasteiger partial charge in [-0.2, -0.15) is 0 Å². The number of benzene rings is 3. The maximum Gasteiger partial charge on any atom is 0.261 e. The summed E-state index contributed by atoms with van der Waals surface area (Å²) in [6.07, 6.45) is 0. The molecule has 3 aromatic carbocycles. The molecule has 4 aromatic rings. The van der Waals surface area contributed by atoms with Crippen molar-refractivity contribution in [3.8, 4) is 0 Å². The smallest absolute Gasteiger partial charge is 0.261 e. The van der Waals surface area contributed by atoms with Crippen molar-refractivity contribution in [1.82, 2.24) is 0 Å². The summed E-state index contributed by atoms with van der Waals surface area (Å²) in [5.41, 5.74) is 2.68. The molecule has 0 aliphatic heterocycles. The van der Waals surface area contributed by atoms with Gasteiger partial charge in [0, 0.05) is 11.1 Å². The second kappa shape index (κ2) is 7.48. The van der Waals surface area contributed by atoms with Crippen LogP contribution in [0.5, 0.6) is 0 Å². The Morgan fingerprint density at radius 2 is 1.68 bits per heavy atom. The Labute approximate surface area is 161 Å². The van der Waals surface area contributed by atoms with Crippen LogP contribution in [0, 0.1) is 12.7 Å². The summed E-state index contributed by atoms with van der Waals surface area (Å²) in [4.78, 5) is 17.2. The maximum atomic E-state index is 14.1. The Morgan fingerprint density at radius 1 is 0.964 bits per heavy atom. The van der Waals surface area contributed by atoms with Crippen LogP contribution in [0.4, 0.5) is 15.8 Å². The number of rotatable bonds is 3. The van der Waals surface area contributed by atoms with Crippen molar-refractivity contribution in [3.63, 3.8) is 0 Å². The van der Waals surface area contributed by atoms with Gasteiger partial charge in [-0.05, 0) is 43.3 Å². The molecule has 0 aliphatic rings. The van der Waals surface area contributed by atoms with Crippen molar-refractivity contribution >= 4 is 28.3 Å². The molecule has 0 aliphatic carbocycles. The number of carbonyl (C=O) groups is 1. The summed E-state index contributed by atoms with van der Waals surface area (Å²) in [6, 6.07) is 22.5. The minimum absolute atomic E-state index is 0.0495. The second-order valence-corrected chi connectivity index (χ2v) is 6.39. The first-order valence-corrected chi connectivity index (χ1v) is 8.80. The predicted octanol–water partition coefficient (Wildman–Crippen LogP) is 5.37. The Hall–Kier alpha value is -3.73. The number of amides is 1. The van der Waals surface area contributed by atoms with E-state index in [1.54, 1.807) is 24.3 Å². The lowest BCUT2D eigenvalue weighted by molar-refractivity contribution is 0.102. The first-order chi connectivity index (χ1) is 13.6.